The molecule has 0 saturated carbocycles. The molecule has 1 atom stereocenters. The lowest BCUT2D eigenvalue weighted by molar-refractivity contribution is -0.117. The van der Waals surface area contributed by atoms with Crippen molar-refractivity contribution in [3.63, 3.8) is 0 Å². The Labute approximate surface area is 88.1 Å². The summed E-state index contributed by atoms with van der Waals surface area (Å²) >= 11 is 0. The zero-order valence-electron chi connectivity index (χ0n) is 8.89. The molecule has 1 rings (SSSR count). The number of hydrogen-bond donors (Lipinski definition) is 0. The Kier molecular flexibility index (Phi) is 3.95. The number of ketones is 1. The zero-order chi connectivity index (χ0) is 11.4. The fraction of sp³-hybridized carbons (Fsp3) is 0.417. The largest absolute Gasteiger partial charge is 0.300 e. The van der Waals surface area contributed by atoms with Gasteiger partial charge in [-0.25, -0.2) is 8.78 Å². The first kappa shape index (κ1) is 11.8. The van der Waals surface area contributed by atoms with Crippen LogP contribution in [0.4, 0.5) is 8.78 Å². The summed E-state index contributed by atoms with van der Waals surface area (Å²) in [5.41, 5.74) is 0.337. The molecule has 0 amide bonds. The van der Waals surface area contributed by atoms with Gasteiger partial charge in [-0.3, -0.25) is 0 Å². The van der Waals surface area contributed by atoms with Crippen LogP contribution in [-0.4, -0.2) is 5.78 Å². The third kappa shape index (κ3) is 3.78. The fourth-order valence-corrected chi connectivity index (χ4v) is 1.64. The molecule has 1 aromatic rings. The monoisotopic (exact) mass is 212 g/mol. The van der Waals surface area contributed by atoms with E-state index in [0.717, 1.165) is 12.1 Å². The summed E-state index contributed by atoms with van der Waals surface area (Å²) in [5, 5.41) is 0. The van der Waals surface area contributed by atoms with E-state index in [2.05, 4.69) is 0 Å². The van der Waals surface area contributed by atoms with Crippen LogP contribution in [0.5, 0.6) is 0 Å². The van der Waals surface area contributed by atoms with Gasteiger partial charge in [0.2, 0.25) is 0 Å². The molecule has 0 heterocycles. The Morgan fingerprint density at radius 2 is 2.07 bits per heavy atom. The Hall–Kier alpha value is -1.25. The van der Waals surface area contributed by atoms with E-state index in [9.17, 15) is 13.6 Å². The topological polar surface area (TPSA) is 17.1 Å². The molecule has 0 aliphatic heterocycles. The van der Waals surface area contributed by atoms with Gasteiger partial charge in [0.05, 0.1) is 0 Å². The van der Waals surface area contributed by atoms with Crippen molar-refractivity contribution in [1.82, 2.24) is 0 Å². The van der Waals surface area contributed by atoms with Gasteiger partial charge >= 0.3 is 0 Å². The maximum Gasteiger partial charge on any atom is 0.130 e. The quantitative estimate of drug-likeness (QED) is 0.749. The molecule has 0 fully saturated rings. The second kappa shape index (κ2) is 5.01. The number of carbonyl (C=O) groups is 1. The van der Waals surface area contributed by atoms with Crippen molar-refractivity contribution in [2.24, 2.45) is 5.92 Å². The lowest BCUT2D eigenvalue weighted by atomic mass is 9.96. The van der Waals surface area contributed by atoms with E-state index in [1.54, 1.807) is 0 Å². The highest BCUT2D eigenvalue weighted by molar-refractivity contribution is 5.75. The number of halogens is 2. The van der Waals surface area contributed by atoms with E-state index < -0.39 is 11.6 Å². The molecule has 0 saturated heterocycles. The van der Waals surface area contributed by atoms with Crippen LogP contribution in [0.25, 0.3) is 0 Å². The molecule has 0 N–H and O–H groups in total. The van der Waals surface area contributed by atoms with E-state index in [4.69, 9.17) is 0 Å². The van der Waals surface area contributed by atoms with Gasteiger partial charge in [0.15, 0.2) is 0 Å². The lowest BCUT2D eigenvalue weighted by Crippen LogP contribution is -2.06. The van der Waals surface area contributed by atoms with Crippen molar-refractivity contribution in [2.45, 2.75) is 26.7 Å². The van der Waals surface area contributed by atoms with Crippen molar-refractivity contribution in [2.75, 3.05) is 0 Å². The molecular weight excluding hydrogens is 198 g/mol. The molecule has 0 radical (unpaired) electrons. The van der Waals surface area contributed by atoms with Gasteiger partial charge in [-0.2, -0.15) is 0 Å². The SMILES string of the molecule is CC(=O)CC(C)Cc1cc(F)ccc1F. The molecule has 0 spiro atoms. The van der Waals surface area contributed by atoms with Crippen molar-refractivity contribution in [3.05, 3.63) is 35.4 Å². The molecule has 15 heavy (non-hydrogen) atoms. The van der Waals surface area contributed by atoms with Gasteiger partial charge in [-0.05, 0) is 43.0 Å². The van der Waals surface area contributed by atoms with Crippen LogP contribution in [0.15, 0.2) is 18.2 Å². The van der Waals surface area contributed by atoms with Gasteiger partial charge in [-0.15, -0.1) is 0 Å². The van der Waals surface area contributed by atoms with E-state index in [1.165, 1.54) is 13.0 Å². The van der Waals surface area contributed by atoms with Crippen LogP contribution >= 0.6 is 0 Å². The molecule has 0 aromatic heterocycles. The minimum Gasteiger partial charge on any atom is -0.300 e. The van der Waals surface area contributed by atoms with E-state index in [-0.39, 0.29) is 11.7 Å². The van der Waals surface area contributed by atoms with E-state index >= 15 is 0 Å². The van der Waals surface area contributed by atoms with Gasteiger partial charge in [-0.1, -0.05) is 6.92 Å². The Morgan fingerprint density at radius 1 is 1.40 bits per heavy atom. The average Bonchev–Trinajstić information content (AvgIpc) is 2.10. The normalized spacial score (nSPS) is 12.5. The lowest BCUT2D eigenvalue weighted by Gasteiger charge is -2.10. The summed E-state index contributed by atoms with van der Waals surface area (Å²) < 4.78 is 26.0. The molecule has 0 aliphatic carbocycles. The number of rotatable bonds is 4. The minimum absolute atomic E-state index is 0.0406. The Bertz CT molecular complexity index is 361. The summed E-state index contributed by atoms with van der Waals surface area (Å²) in [6, 6.07) is 3.39. The Morgan fingerprint density at radius 3 is 2.67 bits per heavy atom. The predicted molar refractivity (Wildman–Crippen MR) is 54.5 cm³/mol. The van der Waals surface area contributed by atoms with Crippen molar-refractivity contribution < 1.29 is 13.6 Å². The highest BCUT2D eigenvalue weighted by Gasteiger charge is 2.10. The Balaban J connectivity index is 2.71. The van der Waals surface area contributed by atoms with Crippen molar-refractivity contribution in [1.29, 1.82) is 0 Å². The summed E-state index contributed by atoms with van der Waals surface area (Å²) in [6.07, 6.45) is 0.791. The van der Waals surface area contributed by atoms with E-state index in [0.29, 0.717) is 18.4 Å². The van der Waals surface area contributed by atoms with Crippen LogP contribution in [0.2, 0.25) is 0 Å². The van der Waals surface area contributed by atoms with Gasteiger partial charge in [0.1, 0.15) is 17.4 Å². The van der Waals surface area contributed by atoms with Crippen LogP contribution < -0.4 is 0 Å². The predicted octanol–water partition coefficient (Wildman–Crippen LogP) is 3.12. The maximum absolute atomic E-state index is 13.2. The van der Waals surface area contributed by atoms with Gasteiger partial charge < -0.3 is 4.79 Å². The van der Waals surface area contributed by atoms with Gasteiger partial charge in [0.25, 0.3) is 0 Å². The van der Waals surface area contributed by atoms with Crippen LogP contribution in [-0.2, 0) is 11.2 Å². The zero-order valence-corrected chi connectivity index (χ0v) is 8.89. The molecule has 0 bridgehead atoms. The molecule has 82 valence electrons. The van der Waals surface area contributed by atoms with E-state index in [1.807, 2.05) is 6.92 Å². The smallest absolute Gasteiger partial charge is 0.130 e. The third-order valence-electron chi connectivity index (χ3n) is 2.21. The third-order valence-corrected chi connectivity index (χ3v) is 2.21. The molecule has 1 aromatic carbocycles. The second-order valence-corrected chi connectivity index (χ2v) is 3.95. The molecular formula is C12H14F2O. The number of hydrogen-bond acceptors (Lipinski definition) is 1. The van der Waals surface area contributed by atoms with Crippen molar-refractivity contribution >= 4 is 5.78 Å². The fourth-order valence-electron chi connectivity index (χ4n) is 1.64. The number of Topliss-reactive ketones (excluding diaryl/α,β-unsaturated/α-hetero) is 1. The highest BCUT2D eigenvalue weighted by Crippen LogP contribution is 2.16. The first-order valence-corrected chi connectivity index (χ1v) is 4.92. The molecule has 1 unspecified atom stereocenters. The number of carbonyl (C=O) groups excluding carboxylic acids is 1. The van der Waals surface area contributed by atoms with Crippen LogP contribution in [0.1, 0.15) is 25.8 Å². The average molecular weight is 212 g/mol. The summed E-state index contributed by atoms with van der Waals surface area (Å²) in [4.78, 5) is 10.8. The molecule has 0 aliphatic rings. The molecule has 3 heteroatoms. The van der Waals surface area contributed by atoms with Crippen LogP contribution in [0, 0.1) is 17.6 Å². The first-order valence-electron chi connectivity index (χ1n) is 4.92. The minimum atomic E-state index is -0.443. The second-order valence-electron chi connectivity index (χ2n) is 3.95. The summed E-state index contributed by atoms with van der Waals surface area (Å²) in [7, 11) is 0. The molecule has 1 nitrogen and oxygen atoms in total. The van der Waals surface area contributed by atoms with Crippen molar-refractivity contribution in [3.8, 4) is 0 Å². The summed E-state index contributed by atoms with van der Waals surface area (Å²) in [5.74, 6) is -0.744. The maximum atomic E-state index is 13.2. The number of benzene rings is 1. The summed E-state index contributed by atoms with van der Waals surface area (Å²) in [6.45, 7) is 3.35. The standard InChI is InChI=1S/C12H14F2O/c1-8(5-9(2)15)6-10-7-11(13)3-4-12(10)14/h3-4,7-8H,5-6H2,1-2H3. The highest BCUT2D eigenvalue weighted by atomic mass is 19.1. The van der Waals surface area contributed by atoms with Crippen LogP contribution in [0.3, 0.4) is 0 Å². The van der Waals surface area contributed by atoms with Gasteiger partial charge in [0, 0.05) is 6.42 Å². The first-order chi connectivity index (χ1) is 6.99.